The topological polar surface area (TPSA) is 12.4 Å². The van der Waals surface area contributed by atoms with E-state index in [1.807, 2.05) is 13.0 Å². The van der Waals surface area contributed by atoms with Crippen molar-refractivity contribution in [2.75, 3.05) is 0 Å². The summed E-state index contributed by atoms with van der Waals surface area (Å²) in [7, 11) is 0. The highest BCUT2D eigenvalue weighted by Crippen LogP contribution is 2.28. The largest absolute Gasteiger partial charge is 0.206 e. The highest BCUT2D eigenvalue weighted by molar-refractivity contribution is 7.78. The fourth-order valence-electron chi connectivity index (χ4n) is 2.66. The van der Waals surface area contributed by atoms with Gasteiger partial charge in [-0.1, -0.05) is 37.0 Å². The monoisotopic (exact) mass is 393 g/mol. The van der Waals surface area contributed by atoms with Crippen molar-refractivity contribution in [1.82, 2.24) is 0 Å². The third kappa shape index (κ3) is 4.37. The lowest BCUT2D eigenvalue weighted by molar-refractivity contribution is 0.622. The summed E-state index contributed by atoms with van der Waals surface area (Å²) >= 11 is 4.46. The maximum atomic E-state index is 14.5. The number of nitrogens with zero attached hydrogens (tertiary/aromatic N) is 1. The number of rotatable bonds is 3. The first-order chi connectivity index (χ1) is 13.5. The zero-order valence-corrected chi connectivity index (χ0v) is 15.7. The summed E-state index contributed by atoms with van der Waals surface area (Å²) in [5, 5.41) is 2.09. The Kier molecular flexibility index (Phi) is 6.06. The highest BCUT2D eigenvalue weighted by Gasteiger charge is 2.09. The average molecular weight is 393 g/mol. The van der Waals surface area contributed by atoms with Crippen LogP contribution in [-0.4, -0.2) is 5.16 Å². The maximum Gasteiger partial charge on any atom is 0.150 e. The smallest absolute Gasteiger partial charge is 0.150 e. The van der Waals surface area contributed by atoms with E-state index in [4.69, 9.17) is 0 Å². The van der Waals surface area contributed by atoms with Crippen molar-refractivity contribution in [1.29, 1.82) is 0 Å². The zero-order chi connectivity index (χ0) is 20.1. The Balaban J connectivity index is 1.90. The second-order valence-corrected chi connectivity index (χ2v) is 6.16. The minimum absolute atomic E-state index is 0.0396. The molecule has 0 fully saturated rings. The molecule has 0 aliphatic carbocycles. The van der Waals surface area contributed by atoms with Gasteiger partial charge in [-0.15, -0.1) is 0 Å². The van der Waals surface area contributed by atoms with Crippen LogP contribution in [0.5, 0.6) is 0 Å². The summed E-state index contributed by atoms with van der Waals surface area (Å²) in [4.78, 5) is 3.60. The lowest BCUT2D eigenvalue weighted by atomic mass is 10.0. The summed E-state index contributed by atoms with van der Waals surface area (Å²) in [5.41, 5.74) is 2.15. The van der Waals surface area contributed by atoms with Crippen LogP contribution in [0.25, 0.3) is 11.1 Å². The van der Waals surface area contributed by atoms with Gasteiger partial charge in [0.1, 0.15) is 23.1 Å². The standard InChI is InChI=1S/C23H14F3NS/c1-2-15-3-6-17(20(24)11-15)7-4-16-5-9-19(21(25)12-16)18-8-10-23(27-14-28)22(26)13-18/h3,5-6,8-13H,2H2,1H3. The minimum atomic E-state index is -0.621. The molecule has 0 aliphatic rings. The van der Waals surface area contributed by atoms with Crippen LogP contribution in [0.1, 0.15) is 23.6 Å². The number of isothiocyanates is 1. The van der Waals surface area contributed by atoms with E-state index >= 15 is 0 Å². The van der Waals surface area contributed by atoms with Crippen molar-refractivity contribution >= 4 is 23.1 Å². The van der Waals surface area contributed by atoms with Crippen molar-refractivity contribution in [2.24, 2.45) is 4.99 Å². The van der Waals surface area contributed by atoms with Gasteiger partial charge < -0.3 is 0 Å². The lowest BCUT2D eigenvalue weighted by Gasteiger charge is -2.05. The van der Waals surface area contributed by atoms with Crippen LogP contribution >= 0.6 is 12.2 Å². The fourth-order valence-corrected chi connectivity index (χ4v) is 2.76. The van der Waals surface area contributed by atoms with Crippen LogP contribution in [0.15, 0.2) is 59.6 Å². The molecule has 0 heterocycles. The first kappa shape index (κ1) is 19.6. The Morgan fingerprint density at radius 3 is 2.32 bits per heavy atom. The number of benzene rings is 3. The first-order valence-corrected chi connectivity index (χ1v) is 8.90. The van der Waals surface area contributed by atoms with Gasteiger partial charge in [-0.2, -0.15) is 4.99 Å². The van der Waals surface area contributed by atoms with E-state index in [1.54, 1.807) is 18.2 Å². The molecule has 3 rings (SSSR count). The molecule has 3 aromatic rings. The van der Waals surface area contributed by atoms with E-state index in [0.717, 1.165) is 12.0 Å². The van der Waals surface area contributed by atoms with E-state index in [0.29, 0.717) is 11.1 Å². The molecule has 3 aromatic carbocycles. The molecular formula is C23H14F3NS. The molecule has 138 valence electrons. The van der Waals surface area contributed by atoms with Crippen LogP contribution < -0.4 is 0 Å². The Morgan fingerprint density at radius 2 is 1.68 bits per heavy atom. The Labute approximate surface area is 166 Å². The number of halogens is 3. The van der Waals surface area contributed by atoms with E-state index < -0.39 is 17.5 Å². The first-order valence-electron chi connectivity index (χ1n) is 8.49. The lowest BCUT2D eigenvalue weighted by Crippen LogP contribution is -1.89. The van der Waals surface area contributed by atoms with Crippen LogP contribution in [0, 0.1) is 29.3 Å². The van der Waals surface area contributed by atoms with Gasteiger partial charge in [-0.25, -0.2) is 13.2 Å². The molecule has 28 heavy (non-hydrogen) atoms. The minimum Gasteiger partial charge on any atom is -0.206 e. The van der Waals surface area contributed by atoms with Crippen LogP contribution in [0.4, 0.5) is 18.9 Å². The van der Waals surface area contributed by atoms with E-state index in [1.165, 1.54) is 30.3 Å². The predicted octanol–water partition coefficient (Wildman–Crippen LogP) is 6.47. The van der Waals surface area contributed by atoms with Gasteiger partial charge in [0.2, 0.25) is 0 Å². The van der Waals surface area contributed by atoms with Crippen molar-refractivity contribution in [2.45, 2.75) is 13.3 Å². The van der Waals surface area contributed by atoms with Gasteiger partial charge in [0.05, 0.1) is 10.7 Å². The van der Waals surface area contributed by atoms with Gasteiger partial charge in [0, 0.05) is 11.1 Å². The Bertz CT molecular complexity index is 1150. The second-order valence-electron chi connectivity index (χ2n) is 5.98. The normalized spacial score (nSPS) is 10.0. The van der Waals surface area contributed by atoms with Crippen molar-refractivity contribution in [3.8, 4) is 23.0 Å². The van der Waals surface area contributed by atoms with Gasteiger partial charge in [-0.3, -0.25) is 0 Å². The molecule has 0 saturated heterocycles. The van der Waals surface area contributed by atoms with E-state index in [-0.39, 0.29) is 16.8 Å². The van der Waals surface area contributed by atoms with Crippen molar-refractivity contribution in [3.05, 3.63) is 88.7 Å². The molecule has 0 aromatic heterocycles. The van der Waals surface area contributed by atoms with Gasteiger partial charge >= 0.3 is 0 Å². The Morgan fingerprint density at radius 1 is 0.857 bits per heavy atom. The van der Waals surface area contributed by atoms with Gasteiger partial charge in [0.25, 0.3) is 0 Å². The number of aliphatic imine (C=N–C) groups is 1. The van der Waals surface area contributed by atoms with E-state index in [9.17, 15) is 13.2 Å². The molecule has 0 N–H and O–H groups in total. The number of hydrogen-bond donors (Lipinski definition) is 0. The summed E-state index contributed by atoms with van der Waals surface area (Å²) in [6.07, 6.45) is 0.733. The van der Waals surface area contributed by atoms with Crippen LogP contribution in [0.2, 0.25) is 0 Å². The molecular weight excluding hydrogens is 379 g/mol. The Hall–Kier alpha value is -3.19. The predicted molar refractivity (Wildman–Crippen MR) is 108 cm³/mol. The molecule has 0 unspecified atom stereocenters. The van der Waals surface area contributed by atoms with Crippen molar-refractivity contribution in [3.63, 3.8) is 0 Å². The average Bonchev–Trinajstić information content (AvgIpc) is 2.69. The molecule has 0 saturated carbocycles. The molecule has 0 amide bonds. The molecule has 0 aliphatic heterocycles. The highest BCUT2D eigenvalue weighted by atomic mass is 32.1. The maximum absolute atomic E-state index is 14.5. The third-order valence-electron chi connectivity index (χ3n) is 4.18. The third-order valence-corrected chi connectivity index (χ3v) is 4.27. The molecule has 0 spiro atoms. The van der Waals surface area contributed by atoms with Crippen LogP contribution in [0.3, 0.4) is 0 Å². The molecule has 5 heteroatoms. The molecule has 0 bridgehead atoms. The summed E-state index contributed by atoms with van der Waals surface area (Å²) < 4.78 is 42.5. The zero-order valence-electron chi connectivity index (χ0n) is 14.9. The summed E-state index contributed by atoms with van der Waals surface area (Å²) in [6.45, 7) is 1.94. The fraction of sp³-hybridized carbons (Fsp3) is 0.0870. The number of thiocarbonyl (C=S) groups is 1. The molecule has 0 radical (unpaired) electrons. The second kappa shape index (κ2) is 8.67. The summed E-state index contributed by atoms with van der Waals surface area (Å²) in [6, 6.07) is 13.3. The quantitative estimate of drug-likeness (QED) is 0.282. The van der Waals surface area contributed by atoms with Crippen molar-refractivity contribution < 1.29 is 13.2 Å². The van der Waals surface area contributed by atoms with E-state index in [2.05, 4.69) is 34.2 Å². The number of aryl methyl sites for hydroxylation is 1. The molecule has 1 nitrogen and oxygen atoms in total. The SMILES string of the molecule is CCc1ccc(C#Cc2ccc(-c3ccc(N=C=S)c(F)c3)c(F)c2)c(F)c1. The number of hydrogen-bond acceptors (Lipinski definition) is 2. The molecule has 0 atom stereocenters. The van der Waals surface area contributed by atoms with Crippen LogP contribution in [-0.2, 0) is 6.42 Å². The summed E-state index contributed by atoms with van der Waals surface area (Å²) in [5.74, 6) is 3.89. The van der Waals surface area contributed by atoms with Gasteiger partial charge in [-0.05, 0) is 66.2 Å². The van der Waals surface area contributed by atoms with Gasteiger partial charge in [0.15, 0.2) is 0 Å².